The second-order valence-corrected chi connectivity index (χ2v) is 29.3. The van der Waals surface area contributed by atoms with E-state index in [1.54, 1.807) is 68.4 Å². The van der Waals surface area contributed by atoms with E-state index in [4.69, 9.17) is 65.8 Å². The summed E-state index contributed by atoms with van der Waals surface area (Å²) in [5.41, 5.74) is -2.81. The molecule has 9 heterocycles. The number of nitrogens with zero attached hydrogens (tertiary/aromatic N) is 4. The molecule has 0 spiro atoms. The SMILES string of the molecule is COCCO[C@@H]1[C@H](C)[C@@H](C=O)O[C@H]1n1cc(C)c(=O)[nH]c1=O.COCCO[C@@H]1[C@H](C)[C@@H](CO)O[C@H]1n1cc(C)c(=O)[nH]c1=O.COCCO[C@@H]1[C@H](C)[C@@H]([C@H](C)P(C)(C)=O)O[C@H]1n1cc(C)c(=O)[nH]c1=O.[2H]C[C@H]1O[C@@H](n2cc(C)c(=O)[nH]c2=O)[C@H](OCCOC)[C@@H]1O.[3H]OC.[3H][C@H]1O[C@H](C=C)[C@@H](C)[C@H]1C. The zero-order chi connectivity index (χ0) is 78.9. The van der Waals surface area contributed by atoms with E-state index in [9.17, 15) is 57.9 Å². The van der Waals surface area contributed by atoms with Crippen molar-refractivity contribution >= 4 is 13.4 Å². The van der Waals surface area contributed by atoms with Gasteiger partial charge in [0.2, 0.25) is 1.43 Å². The molecule has 0 radical (unpaired) electrons. The number of aliphatic hydroxyl groups is 3. The highest BCUT2D eigenvalue weighted by Gasteiger charge is 2.50. The van der Waals surface area contributed by atoms with Crippen LogP contribution in [0.1, 0.15) is 98.3 Å². The molecular formula is C67H109N8O26P. The van der Waals surface area contributed by atoms with Gasteiger partial charge in [0.1, 0.15) is 42.9 Å². The van der Waals surface area contributed by atoms with Crippen molar-refractivity contribution in [2.45, 2.75) is 168 Å². The molecule has 21 atom stereocenters. The molecule has 4 aromatic rings. The Morgan fingerprint density at radius 2 is 0.951 bits per heavy atom. The smallest absolute Gasteiger partial charge is 0.330 e. The first kappa shape index (κ1) is 83.0. The quantitative estimate of drug-likeness (QED) is 0.0211. The number of nitrogens with one attached hydrogen (secondary N) is 4. The predicted octanol–water partition coefficient (Wildman–Crippen LogP) is 1.04. The van der Waals surface area contributed by atoms with E-state index >= 15 is 0 Å². The highest BCUT2D eigenvalue weighted by molar-refractivity contribution is 7.63. The van der Waals surface area contributed by atoms with Crippen molar-refractivity contribution in [2.75, 3.05) is 115 Å². The number of methoxy groups -OCH3 is 4. The number of carbonyl (C=O) groups is 1. The van der Waals surface area contributed by atoms with Gasteiger partial charge < -0.3 is 86.3 Å². The molecular weight excluding hydrogens is 1360 g/mol. The molecule has 5 fully saturated rings. The van der Waals surface area contributed by atoms with Crippen LogP contribution in [0, 0.1) is 57.3 Å². The maximum absolute atomic E-state index is 12.6. The van der Waals surface area contributed by atoms with Gasteiger partial charge in [0, 0.05) is 107 Å². The average Bonchev–Trinajstić information content (AvgIpc) is 1.67. The van der Waals surface area contributed by atoms with E-state index < -0.39 is 126 Å². The van der Waals surface area contributed by atoms with Crippen molar-refractivity contribution in [3.63, 3.8) is 0 Å². The molecule has 0 saturated carbocycles. The summed E-state index contributed by atoms with van der Waals surface area (Å²) in [7, 11) is 5.12. The number of H-pyrrole nitrogens is 4. The molecule has 0 amide bonds. The van der Waals surface area contributed by atoms with Crippen LogP contribution in [0.25, 0.3) is 0 Å². The number of aldehydes is 1. The van der Waals surface area contributed by atoms with Crippen molar-refractivity contribution in [3.05, 3.63) is 143 Å². The second kappa shape index (κ2) is 42.0. The van der Waals surface area contributed by atoms with Crippen molar-refractivity contribution < 1.29 is 89.0 Å². The summed E-state index contributed by atoms with van der Waals surface area (Å²) in [5.74, 6) is 0.367. The summed E-state index contributed by atoms with van der Waals surface area (Å²) in [6.07, 6.45) is -0.211. The van der Waals surface area contributed by atoms with E-state index in [1.807, 2.05) is 34.6 Å². The summed E-state index contributed by atoms with van der Waals surface area (Å²) in [5, 5.41) is 23.1. The summed E-state index contributed by atoms with van der Waals surface area (Å²) < 4.78 is 109. The van der Waals surface area contributed by atoms with Crippen LogP contribution in [0.3, 0.4) is 0 Å². The van der Waals surface area contributed by atoms with E-state index in [0.717, 1.165) is 0 Å². The maximum Gasteiger partial charge on any atom is 0.330 e. The maximum atomic E-state index is 12.6. The third-order valence-electron chi connectivity index (χ3n) is 18.1. The van der Waals surface area contributed by atoms with Gasteiger partial charge in [-0.3, -0.25) is 57.4 Å². The molecule has 0 aliphatic carbocycles. The first-order chi connectivity index (χ1) is 49.6. The Kier molecular flexibility index (Phi) is 34.2. The van der Waals surface area contributed by atoms with Crippen molar-refractivity contribution in [2.24, 2.45) is 29.6 Å². The van der Waals surface area contributed by atoms with E-state index in [-0.39, 0.29) is 62.3 Å². The third kappa shape index (κ3) is 23.1. The Balaban J connectivity index is 0.000000280. The van der Waals surface area contributed by atoms with Gasteiger partial charge in [-0.1, -0.05) is 47.6 Å². The van der Waals surface area contributed by atoms with Crippen LogP contribution in [0.5, 0.6) is 0 Å². The predicted molar refractivity (Wildman–Crippen MR) is 374 cm³/mol. The number of aryl methyl sites for hydroxylation is 4. The van der Waals surface area contributed by atoms with Gasteiger partial charge in [0.15, 0.2) is 24.9 Å². The first-order valence-electron chi connectivity index (χ1n) is 34.9. The van der Waals surface area contributed by atoms with Crippen molar-refractivity contribution in [1.29, 1.82) is 1.43 Å². The van der Waals surface area contributed by atoms with E-state index in [2.05, 4.69) is 38.5 Å². The first-order valence-corrected chi connectivity index (χ1v) is 35.9. The molecule has 578 valence electrons. The Morgan fingerprint density at radius 1 is 0.598 bits per heavy atom. The fourth-order valence-corrected chi connectivity index (χ4v) is 12.5. The normalized spacial score (nSPS) is 30.1. The molecule has 5 aliphatic rings. The molecule has 35 heteroatoms. The van der Waals surface area contributed by atoms with Gasteiger partial charge in [0.25, 0.3) is 22.2 Å². The Labute approximate surface area is 595 Å². The lowest BCUT2D eigenvalue weighted by Crippen LogP contribution is -2.40. The van der Waals surface area contributed by atoms with Crippen LogP contribution in [-0.2, 0) is 70.9 Å². The number of ether oxygens (including phenoxy) is 13. The number of hydrogen-bond donors (Lipinski definition) is 7. The molecule has 9 rings (SSSR count). The van der Waals surface area contributed by atoms with Crippen molar-refractivity contribution in [1.82, 2.24) is 38.2 Å². The molecule has 0 unspecified atom stereocenters. The number of aromatic nitrogens is 8. The van der Waals surface area contributed by atoms with E-state index in [1.165, 1.54) is 57.3 Å². The molecule has 0 bridgehead atoms. The summed E-state index contributed by atoms with van der Waals surface area (Å²) in [6.45, 7) is 27.3. The van der Waals surface area contributed by atoms with Gasteiger partial charge in [-0.15, -0.1) is 6.58 Å². The summed E-state index contributed by atoms with van der Waals surface area (Å²) >= 11 is 0. The number of aromatic amines is 4. The highest BCUT2D eigenvalue weighted by Crippen LogP contribution is 2.50. The zero-order valence-corrected chi connectivity index (χ0v) is 62.2. The van der Waals surface area contributed by atoms with Crippen LogP contribution in [0.15, 0.2) is 75.8 Å². The molecule has 102 heavy (non-hydrogen) atoms. The molecule has 5 aliphatic heterocycles. The lowest BCUT2D eigenvalue weighted by atomic mass is 9.95. The standard InChI is InChI=1S/C17H29N2O6P.C14H22N2O6.C14H20N2O6.C13H20N2O6.C8H14O.CH4O/c1-10-9-19(17(21)18-15(10)20)16-14(24-8-7-23-4)11(2)13(25-16)12(3)26(5,6)22;2*1-8-6-16(14(19)15-12(8)18)13-11(21-5-4-20-3)9(2)10(7-17)22-13;1-7-6-15(13(18)14-11(7)17)12-10(20-5-4-19-3)9(16)8(2)21-12;1-4-8-7(3)6(2)5-9-8;1-2/h9,11-14,16H,7-8H2,1-6H3,(H,18,20,21);6,9-11,13,17H,4-5,7H2,1-3H3,(H,15,18,19);6-7,9-11,13H,4-5H2,1-3H3,(H,15,18,19);6,8-10,12,16H,4-5H2,1-3H3,(H,14,17,18);4,6-8H,1,5H2,2-3H3;2H,1H3/t11-,12+,13+,14-,16-;2*9-,10-,11-,13-;8-,9-,10-,12-;6-,7-,8+;/m11110./s1/i;;;2D;5T;2T/t;;;m;5-,6+,7+,8-;/m...11.. The Morgan fingerprint density at radius 3 is 1.27 bits per heavy atom. The van der Waals surface area contributed by atoms with Crippen LogP contribution in [0.4, 0.5) is 0 Å². The number of rotatable bonds is 25. The average molecular weight is 1480 g/mol. The van der Waals surface area contributed by atoms with Crippen LogP contribution in [0.2, 0.25) is 0 Å². The minimum absolute atomic E-state index is 0.0841. The molecule has 7 N–H and O–H groups in total. The lowest BCUT2D eigenvalue weighted by Gasteiger charge is -2.26. The fraction of sp³-hybridized carbons (Fsp3) is 0.716. The molecule has 5 saturated heterocycles. The highest BCUT2D eigenvalue weighted by atomic mass is 31.2. The lowest BCUT2D eigenvalue weighted by molar-refractivity contribution is -0.122. The Hall–Kier alpha value is -6.28. The summed E-state index contributed by atoms with van der Waals surface area (Å²) in [4.78, 5) is 115. The van der Waals surface area contributed by atoms with Gasteiger partial charge >= 0.3 is 22.8 Å². The minimum atomic E-state index is -2.40. The number of hydrogen-bond acceptors (Lipinski definition) is 26. The largest absolute Gasteiger partial charge is 0.400 e. The molecule has 0 aromatic carbocycles. The Bertz CT molecular complexity index is 3790. The summed E-state index contributed by atoms with van der Waals surface area (Å²) in [6, 6.07) is 0. The van der Waals surface area contributed by atoms with Gasteiger partial charge in [0.05, 0.1) is 99.0 Å². The minimum Gasteiger partial charge on any atom is -0.400 e. The van der Waals surface area contributed by atoms with E-state index in [0.29, 0.717) is 86.6 Å². The molecule has 4 aromatic heterocycles. The van der Waals surface area contributed by atoms with Gasteiger partial charge in [-0.25, -0.2) is 19.2 Å². The van der Waals surface area contributed by atoms with Gasteiger partial charge in [-0.05, 0) is 59.8 Å². The monoisotopic (exact) mass is 1480 g/mol. The van der Waals surface area contributed by atoms with Crippen LogP contribution in [-0.4, -0.2) is 243 Å². The van der Waals surface area contributed by atoms with Crippen LogP contribution < -0.4 is 45.0 Å². The zero-order valence-electron chi connectivity index (χ0n) is 64.3. The number of aliphatic hydroxyl groups excluding tert-OH is 3. The topological polar surface area (TPSA) is 434 Å². The fourth-order valence-electron chi connectivity index (χ4n) is 11.4. The van der Waals surface area contributed by atoms with Gasteiger partial charge in [-0.2, -0.15) is 0 Å². The van der Waals surface area contributed by atoms with Crippen LogP contribution >= 0.6 is 7.14 Å². The van der Waals surface area contributed by atoms with Crippen molar-refractivity contribution in [3.8, 4) is 0 Å². The number of carbonyl (C=O) groups excluding carboxylic acids is 1. The second-order valence-electron chi connectivity index (χ2n) is 25.6. The third-order valence-corrected chi connectivity index (χ3v) is 20.4. The molecule has 34 nitrogen and oxygen atoms in total.